The van der Waals surface area contributed by atoms with Crippen LogP contribution in [0, 0.1) is 12.3 Å². The van der Waals surface area contributed by atoms with Crippen LogP contribution in [0.2, 0.25) is 5.02 Å². The Bertz CT molecular complexity index is 1110. The molecule has 0 saturated heterocycles. The monoisotopic (exact) mass is 413 g/mol. The average Bonchev–Trinajstić information content (AvgIpc) is 3.14. The van der Waals surface area contributed by atoms with Crippen molar-refractivity contribution in [3.63, 3.8) is 0 Å². The first-order valence-corrected chi connectivity index (χ1v) is 10.1. The van der Waals surface area contributed by atoms with E-state index in [1.807, 2.05) is 32.0 Å². The van der Waals surface area contributed by atoms with Crippen LogP contribution in [0.15, 0.2) is 41.5 Å². The van der Waals surface area contributed by atoms with Crippen molar-refractivity contribution >= 4 is 39.1 Å². The number of hydrogen-bond donors (Lipinski definition) is 1. The highest BCUT2D eigenvalue weighted by Gasteiger charge is 2.25. The number of thiophene rings is 1. The van der Waals surface area contributed by atoms with Crippen LogP contribution >= 0.6 is 22.9 Å². The predicted octanol–water partition coefficient (Wildman–Crippen LogP) is 4.09. The van der Waals surface area contributed by atoms with Crippen LogP contribution in [0.25, 0.3) is 20.7 Å². The maximum Gasteiger partial charge on any atom is 0.271 e. The van der Waals surface area contributed by atoms with Crippen LogP contribution in [-0.2, 0) is 11.3 Å². The van der Waals surface area contributed by atoms with E-state index in [1.165, 1.54) is 22.2 Å². The summed E-state index contributed by atoms with van der Waals surface area (Å²) in [5, 5.41) is 3.52. The van der Waals surface area contributed by atoms with Crippen molar-refractivity contribution in [1.82, 2.24) is 14.9 Å². The number of hydrogen-bond acceptors (Lipinski definition) is 4. The van der Waals surface area contributed by atoms with Crippen molar-refractivity contribution in [2.24, 2.45) is 0 Å². The van der Waals surface area contributed by atoms with Gasteiger partial charge in [-0.05, 0) is 36.6 Å². The Morgan fingerprint density at radius 2 is 2.00 bits per heavy atom. The summed E-state index contributed by atoms with van der Waals surface area (Å²) >= 11 is 7.28. The van der Waals surface area contributed by atoms with Gasteiger partial charge in [0.25, 0.3) is 5.56 Å². The number of halogens is 1. The van der Waals surface area contributed by atoms with Crippen molar-refractivity contribution in [3.8, 4) is 22.8 Å². The SMILES string of the molecule is C#CC(CC)(CC)NC(=O)Cn1cnc2cc(-c3ccc(Cl)cc3)sc2c1=O. The molecule has 2 aromatic heterocycles. The van der Waals surface area contributed by atoms with E-state index in [-0.39, 0.29) is 18.0 Å². The van der Waals surface area contributed by atoms with E-state index >= 15 is 0 Å². The van der Waals surface area contributed by atoms with Gasteiger partial charge < -0.3 is 5.32 Å². The smallest absolute Gasteiger partial charge is 0.271 e. The van der Waals surface area contributed by atoms with Crippen LogP contribution in [-0.4, -0.2) is 21.0 Å². The third-order valence-electron chi connectivity index (χ3n) is 4.81. The van der Waals surface area contributed by atoms with E-state index in [2.05, 4.69) is 16.2 Å². The molecule has 3 aromatic rings. The molecule has 0 unspecified atom stereocenters. The standard InChI is InChI=1S/C21H20ClN3O2S/c1-4-21(5-2,6-3)24-18(26)12-25-13-23-16-11-17(28-19(16)20(25)27)14-7-9-15(22)10-8-14/h1,7-11,13H,5-6,12H2,2-3H3,(H,24,26). The quantitative estimate of drug-likeness (QED) is 0.619. The summed E-state index contributed by atoms with van der Waals surface area (Å²) in [6.45, 7) is 3.72. The molecular formula is C21H20ClN3O2S. The van der Waals surface area contributed by atoms with Gasteiger partial charge in [0, 0.05) is 9.90 Å². The zero-order valence-electron chi connectivity index (χ0n) is 15.7. The number of nitrogens with zero attached hydrogens (tertiary/aromatic N) is 2. The number of rotatable bonds is 6. The van der Waals surface area contributed by atoms with Gasteiger partial charge in [-0.25, -0.2) is 4.98 Å². The molecule has 0 aliphatic carbocycles. The van der Waals surface area contributed by atoms with Crippen LogP contribution in [0.1, 0.15) is 26.7 Å². The van der Waals surface area contributed by atoms with E-state index in [1.54, 1.807) is 12.1 Å². The van der Waals surface area contributed by atoms with Crippen molar-refractivity contribution in [2.45, 2.75) is 38.8 Å². The molecule has 0 atom stereocenters. The minimum Gasteiger partial charge on any atom is -0.338 e. The maximum absolute atomic E-state index is 12.8. The van der Waals surface area contributed by atoms with E-state index in [0.717, 1.165) is 10.4 Å². The maximum atomic E-state index is 12.8. The molecule has 0 aliphatic heterocycles. The van der Waals surface area contributed by atoms with Crippen molar-refractivity contribution in [3.05, 3.63) is 52.0 Å². The lowest BCUT2D eigenvalue weighted by Gasteiger charge is -2.27. The first-order chi connectivity index (χ1) is 13.4. The highest BCUT2D eigenvalue weighted by Crippen LogP contribution is 2.31. The van der Waals surface area contributed by atoms with Crippen LogP contribution in [0.3, 0.4) is 0 Å². The minimum absolute atomic E-state index is 0.126. The number of amides is 1. The topological polar surface area (TPSA) is 64.0 Å². The second-order valence-electron chi connectivity index (χ2n) is 6.49. The fourth-order valence-electron chi connectivity index (χ4n) is 2.94. The van der Waals surface area contributed by atoms with Gasteiger partial charge in [0.1, 0.15) is 16.8 Å². The number of nitrogens with one attached hydrogen (secondary N) is 1. The summed E-state index contributed by atoms with van der Waals surface area (Å²) < 4.78 is 1.82. The third-order valence-corrected chi connectivity index (χ3v) is 6.22. The van der Waals surface area contributed by atoms with Crippen molar-refractivity contribution < 1.29 is 4.79 Å². The van der Waals surface area contributed by atoms with Crippen LogP contribution in [0.4, 0.5) is 0 Å². The van der Waals surface area contributed by atoms with Gasteiger partial charge in [-0.3, -0.25) is 14.2 Å². The van der Waals surface area contributed by atoms with E-state index in [4.69, 9.17) is 18.0 Å². The Labute approximate surface area is 172 Å². The molecular weight excluding hydrogens is 394 g/mol. The minimum atomic E-state index is -0.692. The molecule has 1 aromatic carbocycles. The summed E-state index contributed by atoms with van der Waals surface area (Å²) in [6, 6.07) is 9.27. The first kappa shape index (κ1) is 20.1. The molecule has 0 saturated carbocycles. The second-order valence-corrected chi connectivity index (χ2v) is 7.98. The molecule has 1 amide bonds. The van der Waals surface area contributed by atoms with Gasteiger partial charge >= 0.3 is 0 Å². The molecule has 3 rings (SSSR count). The molecule has 0 spiro atoms. The summed E-state index contributed by atoms with van der Waals surface area (Å²) in [5.41, 5.74) is 0.630. The zero-order chi connectivity index (χ0) is 20.3. The highest BCUT2D eigenvalue weighted by molar-refractivity contribution is 7.22. The first-order valence-electron chi connectivity index (χ1n) is 8.95. The van der Waals surface area contributed by atoms with Crippen LogP contribution < -0.4 is 10.9 Å². The Kier molecular flexibility index (Phi) is 5.87. The predicted molar refractivity (Wildman–Crippen MR) is 115 cm³/mol. The Hall–Kier alpha value is -2.62. The van der Waals surface area contributed by atoms with Crippen molar-refractivity contribution in [1.29, 1.82) is 0 Å². The summed E-state index contributed by atoms with van der Waals surface area (Å²) in [4.78, 5) is 30.5. The van der Waals surface area contributed by atoms with E-state index in [9.17, 15) is 9.59 Å². The fraction of sp³-hybridized carbons (Fsp3) is 0.286. The third kappa shape index (κ3) is 3.96. The summed E-state index contributed by atoms with van der Waals surface area (Å²) in [6.07, 6.45) is 8.23. The molecule has 2 heterocycles. The zero-order valence-corrected chi connectivity index (χ0v) is 17.2. The molecule has 0 fully saturated rings. The number of fused-ring (bicyclic) bond motifs is 1. The van der Waals surface area contributed by atoms with Gasteiger partial charge in [-0.1, -0.05) is 43.5 Å². The highest BCUT2D eigenvalue weighted by atomic mass is 35.5. The fourth-order valence-corrected chi connectivity index (χ4v) is 4.13. The van der Waals surface area contributed by atoms with Crippen molar-refractivity contribution in [2.75, 3.05) is 0 Å². The molecule has 0 aliphatic rings. The van der Waals surface area contributed by atoms with E-state index in [0.29, 0.717) is 28.1 Å². The summed E-state index contributed by atoms with van der Waals surface area (Å²) in [5.74, 6) is 2.35. The number of terminal acetylenes is 1. The molecule has 144 valence electrons. The lowest BCUT2D eigenvalue weighted by atomic mass is 9.94. The molecule has 0 bridgehead atoms. The largest absolute Gasteiger partial charge is 0.338 e. The van der Waals surface area contributed by atoms with Crippen LogP contribution in [0.5, 0.6) is 0 Å². The lowest BCUT2D eigenvalue weighted by molar-refractivity contribution is -0.123. The van der Waals surface area contributed by atoms with Gasteiger partial charge in [-0.2, -0.15) is 0 Å². The number of aromatic nitrogens is 2. The van der Waals surface area contributed by atoms with Gasteiger partial charge in [0.15, 0.2) is 0 Å². The molecule has 1 N–H and O–H groups in total. The normalized spacial score (nSPS) is 11.4. The number of carbonyl (C=O) groups is 1. The Morgan fingerprint density at radius 3 is 2.61 bits per heavy atom. The molecule has 0 radical (unpaired) electrons. The molecule has 7 heteroatoms. The molecule has 5 nitrogen and oxygen atoms in total. The average molecular weight is 414 g/mol. The van der Waals surface area contributed by atoms with Gasteiger partial charge in [-0.15, -0.1) is 17.8 Å². The Balaban J connectivity index is 1.88. The van der Waals surface area contributed by atoms with Gasteiger partial charge in [0.2, 0.25) is 5.91 Å². The number of benzene rings is 1. The number of carbonyl (C=O) groups excluding carboxylic acids is 1. The lowest BCUT2D eigenvalue weighted by Crippen LogP contribution is -2.48. The Morgan fingerprint density at radius 1 is 1.32 bits per heavy atom. The summed E-state index contributed by atoms with van der Waals surface area (Å²) in [7, 11) is 0. The van der Waals surface area contributed by atoms with E-state index < -0.39 is 5.54 Å². The second kappa shape index (κ2) is 8.17. The molecule has 28 heavy (non-hydrogen) atoms. The van der Waals surface area contributed by atoms with Gasteiger partial charge in [0.05, 0.1) is 11.8 Å².